The molecule has 1 aliphatic rings. The Morgan fingerprint density at radius 2 is 1.53 bits per heavy atom. The monoisotopic (exact) mass is 392 g/mol. The number of phenolic OH excluding ortho intramolecular Hbond substituents is 1. The number of hydrogen-bond acceptors (Lipinski definition) is 2. The Kier molecular flexibility index (Phi) is 3.17. The molecule has 2 aromatic heterocycles. The quantitative estimate of drug-likeness (QED) is 0.327. The van der Waals surface area contributed by atoms with Gasteiger partial charge in [0.2, 0.25) is 0 Å². The third-order valence-electron chi connectivity index (χ3n) is 7.55. The highest BCUT2D eigenvalue weighted by Gasteiger charge is 2.48. The minimum atomic E-state index is -0.149. The number of benzene rings is 3. The first kappa shape index (κ1) is 17.5. The summed E-state index contributed by atoms with van der Waals surface area (Å²) in [6, 6.07) is 22.7. The van der Waals surface area contributed by atoms with Crippen LogP contribution in [-0.2, 0) is 10.8 Å². The second-order valence-electron chi connectivity index (χ2n) is 9.52. The molecule has 0 saturated heterocycles. The van der Waals surface area contributed by atoms with E-state index >= 15 is 0 Å². The molecular formula is C27H24N2O. The van der Waals surface area contributed by atoms with Gasteiger partial charge < -0.3 is 5.11 Å². The fraction of sp³-hybridized carbons (Fsp3) is 0.222. The molecule has 1 N–H and O–H groups in total. The van der Waals surface area contributed by atoms with E-state index in [4.69, 9.17) is 4.98 Å². The van der Waals surface area contributed by atoms with Gasteiger partial charge in [-0.15, -0.1) is 0 Å². The van der Waals surface area contributed by atoms with Crippen LogP contribution in [0.4, 0.5) is 0 Å². The number of imidazole rings is 1. The van der Waals surface area contributed by atoms with Crippen LogP contribution in [0.25, 0.3) is 38.6 Å². The summed E-state index contributed by atoms with van der Waals surface area (Å²) in [7, 11) is 0. The van der Waals surface area contributed by atoms with Crippen molar-refractivity contribution in [3.63, 3.8) is 0 Å². The lowest BCUT2D eigenvalue weighted by atomic mass is 9.60. The zero-order valence-corrected chi connectivity index (χ0v) is 17.7. The highest BCUT2D eigenvalue weighted by atomic mass is 16.3. The van der Waals surface area contributed by atoms with E-state index in [-0.39, 0.29) is 16.6 Å². The van der Waals surface area contributed by atoms with Gasteiger partial charge in [0, 0.05) is 27.2 Å². The van der Waals surface area contributed by atoms with E-state index in [9.17, 15) is 5.11 Å². The summed E-state index contributed by atoms with van der Waals surface area (Å²) in [6.07, 6.45) is 0. The van der Waals surface area contributed by atoms with E-state index in [1.165, 1.54) is 22.2 Å². The van der Waals surface area contributed by atoms with Gasteiger partial charge in [0.05, 0.1) is 16.9 Å². The minimum absolute atomic E-state index is 0.0798. The highest BCUT2D eigenvalue weighted by molar-refractivity contribution is 6.14. The Morgan fingerprint density at radius 1 is 0.767 bits per heavy atom. The third kappa shape index (κ3) is 1.93. The molecule has 0 spiro atoms. The zero-order valence-electron chi connectivity index (χ0n) is 17.7. The molecule has 3 heteroatoms. The van der Waals surface area contributed by atoms with Gasteiger partial charge >= 0.3 is 0 Å². The van der Waals surface area contributed by atoms with Crippen LogP contribution < -0.4 is 0 Å². The molecule has 0 aliphatic carbocycles. The molecule has 148 valence electrons. The Morgan fingerprint density at radius 3 is 2.30 bits per heavy atom. The van der Waals surface area contributed by atoms with Crippen LogP contribution in [0.2, 0.25) is 0 Å². The van der Waals surface area contributed by atoms with Gasteiger partial charge in [0.15, 0.2) is 0 Å². The van der Waals surface area contributed by atoms with Crippen molar-refractivity contribution in [3.8, 4) is 17.0 Å². The van der Waals surface area contributed by atoms with Crippen molar-refractivity contribution in [2.75, 3.05) is 0 Å². The Balaban J connectivity index is 1.97. The van der Waals surface area contributed by atoms with Gasteiger partial charge in [-0.25, -0.2) is 4.98 Å². The average molecular weight is 393 g/mol. The van der Waals surface area contributed by atoms with Crippen molar-refractivity contribution in [2.24, 2.45) is 0 Å². The summed E-state index contributed by atoms with van der Waals surface area (Å²) < 4.78 is 2.36. The molecule has 30 heavy (non-hydrogen) atoms. The van der Waals surface area contributed by atoms with Crippen molar-refractivity contribution in [3.05, 3.63) is 78.0 Å². The van der Waals surface area contributed by atoms with E-state index in [1.807, 2.05) is 18.2 Å². The maximum absolute atomic E-state index is 10.3. The van der Waals surface area contributed by atoms with E-state index in [0.717, 1.165) is 27.7 Å². The SMILES string of the molecule is CC1(C)c2cccc3c4ccc(O)cc4c4nc(-c5ccccc5)c(n4c23)C1(C)C. The van der Waals surface area contributed by atoms with Crippen molar-refractivity contribution in [1.29, 1.82) is 0 Å². The highest BCUT2D eigenvalue weighted by Crippen LogP contribution is 2.53. The number of fused-ring (bicyclic) bond motifs is 3. The van der Waals surface area contributed by atoms with Crippen molar-refractivity contribution in [1.82, 2.24) is 9.38 Å². The molecule has 0 atom stereocenters. The van der Waals surface area contributed by atoms with Gasteiger partial charge in [-0.2, -0.15) is 0 Å². The molecule has 3 nitrogen and oxygen atoms in total. The maximum atomic E-state index is 10.3. The maximum Gasteiger partial charge on any atom is 0.146 e. The number of phenols is 1. The van der Waals surface area contributed by atoms with E-state index < -0.39 is 0 Å². The van der Waals surface area contributed by atoms with Crippen molar-refractivity contribution < 1.29 is 5.11 Å². The lowest BCUT2D eigenvalue weighted by Crippen LogP contribution is -2.44. The molecular weight excluding hydrogens is 368 g/mol. The molecule has 0 saturated carbocycles. The number of aromatic nitrogens is 2. The molecule has 0 unspecified atom stereocenters. The zero-order chi connectivity index (χ0) is 20.8. The smallest absolute Gasteiger partial charge is 0.146 e. The van der Waals surface area contributed by atoms with E-state index in [1.54, 1.807) is 6.07 Å². The van der Waals surface area contributed by atoms with E-state index in [2.05, 4.69) is 74.6 Å². The van der Waals surface area contributed by atoms with Gasteiger partial charge in [0.1, 0.15) is 11.4 Å². The number of aromatic hydroxyl groups is 1. The first-order valence-corrected chi connectivity index (χ1v) is 10.5. The Labute approximate surface area is 175 Å². The second-order valence-corrected chi connectivity index (χ2v) is 9.52. The fourth-order valence-corrected chi connectivity index (χ4v) is 5.28. The molecule has 3 heterocycles. The Bertz CT molecular complexity index is 1490. The van der Waals surface area contributed by atoms with Crippen molar-refractivity contribution in [2.45, 2.75) is 38.5 Å². The van der Waals surface area contributed by atoms with Crippen molar-refractivity contribution >= 4 is 27.3 Å². The van der Waals surface area contributed by atoms with E-state index in [0.29, 0.717) is 0 Å². The number of para-hydroxylation sites is 1. The second kappa shape index (κ2) is 5.42. The van der Waals surface area contributed by atoms with Gasteiger partial charge in [0.25, 0.3) is 0 Å². The van der Waals surface area contributed by atoms with Crippen LogP contribution in [0.15, 0.2) is 66.7 Å². The van der Waals surface area contributed by atoms with Crippen LogP contribution in [0.5, 0.6) is 5.75 Å². The topological polar surface area (TPSA) is 37.5 Å². The Hall–Kier alpha value is -3.33. The molecule has 0 amide bonds. The number of rotatable bonds is 1. The summed E-state index contributed by atoms with van der Waals surface area (Å²) in [5.74, 6) is 0.266. The van der Waals surface area contributed by atoms with Crippen LogP contribution >= 0.6 is 0 Å². The summed E-state index contributed by atoms with van der Waals surface area (Å²) in [4.78, 5) is 5.22. The lowest BCUT2D eigenvalue weighted by Gasteiger charge is -2.46. The first-order valence-electron chi connectivity index (χ1n) is 10.5. The van der Waals surface area contributed by atoms with Crippen LogP contribution in [0.1, 0.15) is 39.0 Å². The molecule has 0 fully saturated rings. The van der Waals surface area contributed by atoms with Gasteiger partial charge in [-0.3, -0.25) is 4.40 Å². The number of hydrogen-bond donors (Lipinski definition) is 1. The number of nitrogens with zero attached hydrogens (tertiary/aromatic N) is 2. The predicted molar refractivity (Wildman–Crippen MR) is 123 cm³/mol. The molecule has 5 aromatic rings. The van der Waals surface area contributed by atoms with Crippen LogP contribution in [0, 0.1) is 0 Å². The lowest BCUT2D eigenvalue weighted by molar-refractivity contribution is 0.289. The van der Waals surface area contributed by atoms with Gasteiger partial charge in [-0.05, 0) is 29.1 Å². The first-order chi connectivity index (χ1) is 14.3. The summed E-state index contributed by atoms with van der Waals surface area (Å²) in [6.45, 7) is 9.36. The van der Waals surface area contributed by atoms with Gasteiger partial charge in [-0.1, -0.05) is 76.2 Å². The molecule has 0 bridgehead atoms. The largest absolute Gasteiger partial charge is 0.508 e. The molecule has 3 aromatic carbocycles. The summed E-state index contributed by atoms with van der Waals surface area (Å²) in [5, 5.41) is 13.6. The number of pyridine rings is 1. The average Bonchev–Trinajstić information content (AvgIpc) is 3.15. The fourth-order valence-electron chi connectivity index (χ4n) is 5.28. The normalized spacial score (nSPS) is 16.7. The predicted octanol–water partition coefficient (Wildman–Crippen LogP) is 6.58. The summed E-state index contributed by atoms with van der Waals surface area (Å²) in [5.41, 5.74) is 6.66. The molecule has 6 rings (SSSR count). The summed E-state index contributed by atoms with van der Waals surface area (Å²) >= 11 is 0. The molecule has 1 aliphatic heterocycles. The minimum Gasteiger partial charge on any atom is -0.508 e. The standard InChI is InChI=1S/C27H24N2O/c1-26(2)21-12-8-11-19-18-14-13-17(30)15-20(18)25-28-22(16-9-6-5-7-10-16)24(27(26,3)4)29(25)23(19)21/h5-15,30H,1-4H3. The molecule has 0 radical (unpaired) electrons. The van der Waals surface area contributed by atoms with Crippen LogP contribution in [-0.4, -0.2) is 14.5 Å². The third-order valence-corrected chi connectivity index (χ3v) is 7.55. The van der Waals surface area contributed by atoms with Crippen LogP contribution in [0.3, 0.4) is 0 Å².